The molecule has 0 fully saturated rings. The highest BCUT2D eigenvalue weighted by Gasteiger charge is 2.22. The molecular weight excluding hydrogens is 194 g/mol. The summed E-state index contributed by atoms with van der Waals surface area (Å²) in [5, 5.41) is 0. The minimum Gasteiger partial charge on any atom is -0.260 e. The minimum atomic E-state index is 1.000. The van der Waals surface area contributed by atoms with Gasteiger partial charge in [0, 0.05) is 18.2 Å². The van der Waals surface area contributed by atoms with Crippen LogP contribution in [0.1, 0.15) is 27.9 Å². The fourth-order valence-electron chi connectivity index (χ4n) is 2.62. The highest BCUT2D eigenvalue weighted by Crippen LogP contribution is 2.39. The molecule has 16 heavy (non-hydrogen) atoms. The van der Waals surface area contributed by atoms with E-state index >= 15 is 0 Å². The maximum Gasteiger partial charge on any atom is 0.0528 e. The number of rotatable bonds is 0. The van der Waals surface area contributed by atoms with E-state index in [0.717, 1.165) is 6.42 Å². The largest absolute Gasteiger partial charge is 0.260 e. The van der Waals surface area contributed by atoms with Gasteiger partial charge in [-0.2, -0.15) is 0 Å². The fraction of sp³-hybridized carbons (Fsp3) is 0.267. The molecule has 0 bridgehead atoms. The molecular formula is C15H15N. The summed E-state index contributed by atoms with van der Waals surface area (Å²) in [6, 6.07) is 6.57. The van der Waals surface area contributed by atoms with Crippen molar-refractivity contribution in [3.8, 4) is 11.1 Å². The van der Waals surface area contributed by atoms with Gasteiger partial charge in [-0.3, -0.25) is 4.98 Å². The molecule has 0 amide bonds. The predicted molar refractivity (Wildman–Crippen MR) is 66.7 cm³/mol. The van der Waals surface area contributed by atoms with Gasteiger partial charge in [0.25, 0.3) is 0 Å². The fourth-order valence-corrected chi connectivity index (χ4v) is 2.62. The SMILES string of the molecule is Cc1ccc2c(c1C)Cc1nccc(C)c1-2. The van der Waals surface area contributed by atoms with Crippen molar-refractivity contribution in [2.75, 3.05) is 0 Å². The summed E-state index contributed by atoms with van der Waals surface area (Å²) < 4.78 is 0. The lowest BCUT2D eigenvalue weighted by atomic mass is 9.97. The Kier molecular flexibility index (Phi) is 1.90. The summed E-state index contributed by atoms with van der Waals surface area (Å²) in [5.74, 6) is 0. The van der Waals surface area contributed by atoms with Crippen molar-refractivity contribution < 1.29 is 0 Å². The van der Waals surface area contributed by atoms with Gasteiger partial charge in [0.2, 0.25) is 0 Å². The van der Waals surface area contributed by atoms with Gasteiger partial charge in [0.15, 0.2) is 0 Å². The maximum absolute atomic E-state index is 4.51. The quantitative estimate of drug-likeness (QED) is 0.551. The number of hydrogen-bond acceptors (Lipinski definition) is 1. The van der Waals surface area contributed by atoms with Gasteiger partial charge in [-0.1, -0.05) is 12.1 Å². The average molecular weight is 209 g/mol. The standard InChI is InChI=1S/C15H15N/c1-9-4-5-12-13(11(9)3)8-14-15(12)10(2)6-7-16-14/h4-7H,8H2,1-3H3. The van der Waals surface area contributed by atoms with Crippen LogP contribution in [-0.2, 0) is 6.42 Å². The van der Waals surface area contributed by atoms with Crippen molar-refractivity contribution in [3.05, 3.63) is 52.3 Å². The summed E-state index contributed by atoms with van der Waals surface area (Å²) in [6.07, 6.45) is 2.92. The molecule has 0 saturated carbocycles. The zero-order valence-electron chi connectivity index (χ0n) is 9.96. The molecule has 0 atom stereocenters. The Bertz CT molecular complexity index is 582. The summed E-state index contributed by atoms with van der Waals surface area (Å²) in [4.78, 5) is 4.51. The number of aromatic nitrogens is 1. The zero-order chi connectivity index (χ0) is 11.3. The molecule has 80 valence electrons. The first-order valence-electron chi connectivity index (χ1n) is 5.72. The van der Waals surface area contributed by atoms with Crippen LogP contribution in [0.25, 0.3) is 11.1 Å². The number of nitrogens with zero attached hydrogens (tertiary/aromatic N) is 1. The van der Waals surface area contributed by atoms with Gasteiger partial charge in [-0.05, 0) is 54.7 Å². The third-order valence-corrected chi connectivity index (χ3v) is 3.72. The lowest BCUT2D eigenvalue weighted by molar-refractivity contribution is 1.09. The first-order valence-corrected chi connectivity index (χ1v) is 5.72. The third-order valence-electron chi connectivity index (χ3n) is 3.72. The van der Waals surface area contributed by atoms with Crippen LogP contribution in [0.2, 0.25) is 0 Å². The molecule has 1 nitrogen and oxygen atoms in total. The molecule has 1 aliphatic rings. The molecule has 2 aromatic rings. The van der Waals surface area contributed by atoms with E-state index in [2.05, 4.69) is 44.0 Å². The normalized spacial score (nSPS) is 12.4. The molecule has 1 heterocycles. The van der Waals surface area contributed by atoms with E-state index in [1.54, 1.807) is 0 Å². The van der Waals surface area contributed by atoms with Gasteiger partial charge in [-0.25, -0.2) is 0 Å². The van der Waals surface area contributed by atoms with Crippen molar-refractivity contribution >= 4 is 0 Å². The monoisotopic (exact) mass is 209 g/mol. The summed E-state index contributed by atoms with van der Waals surface area (Å²) in [6.45, 7) is 6.57. The zero-order valence-corrected chi connectivity index (χ0v) is 9.96. The first kappa shape index (κ1) is 9.59. The van der Waals surface area contributed by atoms with Crippen LogP contribution in [-0.4, -0.2) is 4.98 Å². The Morgan fingerprint density at radius 1 is 1.00 bits per heavy atom. The van der Waals surface area contributed by atoms with Crippen molar-refractivity contribution in [2.24, 2.45) is 0 Å². The summed E-state index contributed by atoms with van der Waals surface area (Å²) in [5.41, 5.74) is 9.61. The van der Waals surface area contributed by atoms with Crippen LogP contribution in [0.15, 0.2) is 24.4 Å². The van der Waals surface area contributed by atoms with Gasteiger partial charge < -0.3 is 0 Å². The van der Waals surface area contributed by atoms with E-state index in [-0.39, 0.29) is 0 Å². The van der Waals surface area contributed by atoms with Crippen LogP contribution >= 0.6 is 0 Å². The molecule has 1 heteroatoms. The van der Waals surface area contributed by atoms with Gasteiger partial charge in [0.1, 0.15) is 0 Å². The average Bonchev–Trinajstić information content (AvgIpc) is 2.64. The molecule has 0 spiro atoms. The van der Waals surface area contributed by atoms with Crippen LogP contribution in [0, 0.1) is 20.8 Å². The maximum atomic E-state index is 4.51. The van der Waals surface area contributed by atoms with E-state index in [4.69, 9.17) is 0 Å². The number of benzene rings is 1. The van der Waals surface area contributed by atoms with E-state index in [1.807, 2.05) is 6.20 Å². The van der Waals surface area contributed by atoms with Crippen LogP contribution in [0.5, 0.6) is 0 Å². The van der Waals surface area contributed by atoms with Crippen LogP contribution < -0.4 is 0 Å². The van der Waals surface area contributed by atoms with Gasteiger partial charge >= 0.3 is 0 Å². The Morgan fingerprint density at radius 2 is 1.81 bits per heavy atom. The number of aryl methyl sites for hydroxylation is 2. The Morgan fingerprint density at radius 3 is 2.62 bits per heavy atom. The van der Waals surface area contributed by atoms with E-state index in [0.29, 0.717) is 0 Å². The molecule has 0 aliphatic heterocycles. The topological polar surface area (TPSA) is 12.9 Å². The van der Waals surface area contributed by atoms with E-state index < -0.39 is 0 Å². The second-order valence-corrected chi connectivity index (χ2v) is 4.66. The number of fused-ring (bicyclic) bond motifs is 3. The van der Waals surface area contributed by atoms with Gasteiger partial charge in [-0.15, -0.1) is 0 Å². The lowest BCUT2D eigenvalue weighted by Gasteiger charge is -2.08. The highest BCUT2D eigenvalue weighted by molar-refractivity contribution is 5.79. The predicted octanol–water partition coefficient (Wildman–Crippen LogP) is 3.58. The molecule has 1 aliphatic carbocycles. The van der Waals surface area contributed by atoms with Crippen LogP contribution in [0.4, 0.5) is 0 Å². The highest BCUT2D eigenvalue weighted by atomic mass is 14.7. The van der Waals surface area contributed by atoms with Crippen LogP contribution in [0.3, 0.4) is 0 Å². The van der Waals surface area contributed by atoms with Gasteiger partial charge in [0.05, 0.1) is 5.69 Å². The Labute approximate surface area is 96.2 Å². The number of pyridine rings is 1. The van der Waals surface area contributed by atoms with E-state index in [1.165, 1.54) is 39.1 Å². The second-order valence-electron chi connectivity index (χ2n) is 4.66. The molecule has 1 aromatic heterocycles. The molecule has 1 aromatic carbocycles. The smallest absolute Gasteiger partial charge is 0.0528 e. The Hall–Kier alpha value is -1.63. The van der Waals surface area contributed by atoms with Crippen molar-refractivity contribution in [3.63, 3.8) is 0 Å². The molecule has 3 rings (SSSR count). The van der Waals surface area contributed by atoms with E-state index in [9.17, 15) is 0 Å². The van der Waals surface area contributed by atoms with Crippen molar-refractivity contribution in [1.29, 1.82) is 0 Å². The third kappa shape index (κ3) is 1.15. The molecule has 0 saturated heterocycles. The lowest BCUT2D eigenvalue weighted by Crippen LogP contribution is -1.90. The van der Waals surface area contributed by atoms with Crippen molar-refractivity contribution in [2.45, 2.75) is 27.2 Å². The first-order chi connectivity index (χ1) is 7.68. The van der Waals surface area contributed by atoms with Crippen molar-refractivity contribution in [1.82, 2.24) is 4.98 Å². The summed E-state index contributed by atoms with van der Waals surface area (Å²) in [7, 11) is 0. The molecule has 0 unspecified atom stereocenters. The molecule has 0 radical (unpaired) electrons. The molecule has 0 N–H and O–H groups in total. The number of hydrogen-bond donors (Lipinski definition) is 0. The second kappa shape index (κ2) is 3.18. The minimum absolute atomic E-state index is 1.000. The Balaban J connectivity index is 2.34. The summed E-state index contributed by atoms with van der Waals surface area (Å²) >= 11 is 0.